The highest BCUT2D eigenvalue weighted by Gasteiger charge is 2.24. The number of H-pyrrole nitrogens is 1. The van der Waals surface area contributed by atoms with Crippen molar-refractivity contribution in [3.05, 3.63) is 42.5 Å². The molecule has 2 aromatic carbocycles. The Bertz CT molecular complexity index is 1020. The number of likely N-dealkylation sites (tertiary alicyclic amines) is 1. The van der Waals surface area contributed by atoms with Crippen molar-refractivity contribution in [1.82, 2.24) is 15.1 Å². The van der Waals surface area contributed by atoms with Crippen molar-refractivity contribution in [3.63, 3.8) is 0 Å². The molecule has 1 aliphatic rings. The highest BCUT2D eigenvalue weighted by Crippen LogP contribution is 2.29. The summed E-state index contributed by atoms with van der Waals surface area (Å²) in [7, 11) is 0.588. The quantitative estimate of drug-likeness (QED) is 0.629. The van der Waals surface area contributed by atoms with Gasteiger partial charge in [-0.1, -0.05) is 18.2 Å². The lowest BCUT2D eigenvalue weighted by molar-refractivity contribution is -0.121. The smallest absolute Gasteiger partial charge is 0.228 e. The van der Waals surface area contributed by atoms with Crippen LogP contribution in [0.4, 0.5) is 5.82 Å². The minimum atomic E-state index is -1.49. The second kappa shape index (κ2) is 7.83. The summed E-state index contributed by atoms with van der Waals surface area (Å²) < 4.78 is 11.4. The fraction of sp³-hybridized carbons (Fsp3) is 0.300. The lowest BCUT2D eigenvalue weighted by atomic mass is 9.96. The molecule has 1 saturated heterocycles. The zero-order valence-electron chi connectivity index (χ0n) is 15.6. The van der Waals surface area contributed by atoms with Gasteiger partial charge >= 0.3 is 0 Å². The molecule has 2 heterocycles. The van der Waals surface area contributed by atoms with Gasteiger partial charge in [-0.3, -0.25) is 9.89 Å². The van der Waals surface area contributed by atoms with Gasteiger partial charge in [0.05, 0.1) is 10.4 Å². The summed E-state index contributed by atoms with van der Waals surface area (Å²) in [4.78, 5) is 15.5. The number of carbonyl (C=O) groups is 1. The molecule has 4 N–H and O–H groups in total. The number of piperidine rings is 1. The summed E-state index contributed by atoms with van der Waals surface area (Å²) in [5, 5.41) is 16.5. The number of nitrogens with one attached hydrogen (secondary N) is 2. The first-order valence-electron chi connectivity index (χ1n) is 9.25. The maximum Gasteiger partial charge on any atom is 0.228 e. The van der Waals surface area contributed by atoms with Gasteiger partial charge in [-0.25, -0.2) is 9.35 Å². The molecule has 8 heteroatoms. The summed E-state index contributed by atoms with van der Waals surface area (Å²) in [6, 6.07) is 13.2. The van der Waals surface area contributed by atoms with Crippen LogP contribution in [0.15, 0.2) is 47.4 Å². The van der Waals surface area contributed by atoms with Gasteiger partial charge in [-0.05, 0) is 68.4 Å². The van der Waals surface area contributed by atoms with Crippen LogP contribution in [0.5, 0.6) is 0 Å². The van der Waals surface area contributed by atoms with Gasteiger partial charge in [0.1, 0.15) is 11.0 Å². The first kappa shape index (κ1) is 18.8. The van der Waals surface area contributed by atoms with Gasteiger partial charge in [-0.15, -0.1) is 0 Å². The number of nitrogens with zero attached hydrogens (tertiary/aromatic N) is 2. The topological polar surface area (TPSA) is 104 Å². The van der Waals surface area contributed by atoms with Gasteiger partial charge in [0, 0.05) is 11.3 Å². The van der Waals surface area contributed by atoms with Crippen LogP contribution in [0.1, 0.15) is 12.8 Å². The molecule has 1 aliphatic heterocycles. The third-order valence-corrected chi connectivity index (χ3v) is 6.05. The van der Waals surface area contributed by atoms with E-state index in [2.05, 4.69) is 27.5 Å². The molecule has 28 heavy (non-hydrogen) atoms. The number of nitrogens with two attached hydrogens (primary N) is 1. The Morgan fingerprint density at radius 2 is 1.86 bits per heavy atom. The van der Waals surface area contributed by atoms with Crippen LogP contribution < -0.4 is 10.5 Å². The number of rotatable bonds is 4. The minimum Gasteiger partial charge on any atom is -0.308 e. The summed E-state index contributed by atoms with van der Waals surface area (Å²) in [6.07, 6.45) is 1.73. The molecule has 7 nitrogen and oxygen atoms in total. The number of anilines is 1. The summed E-state index contributed by atoms with van der Waals surface area (Å²) in [5.74, 6) is 0.609. The largest absolute Gasteiger partial charge is 0.308 e. The number of hydrogen-bond acceptors (Lipinski definition) is 4. The Hall–Kier alpha value is -2.55. The van der Waals surface area contributed by atoms with Crippen LogP contribution in [0.3, 0.4) is 0 Å². The van der Waals surface area contributed by atoms with Gasteiger partial charge in [0.25, 0.3) is 0 Å². The molecule has 4 rings (SSSR count). The number of fused-ring (bicyclic) bond motifs is 1. The Kier molecular flexibility index (Phi) is 5.25. The molecule has 1 amide bonds. The fourth-order valence-corrected chi connectivity index (χ4v) is 3.96. The van der Waals surface area contributed by atoms with E-state index in [0.29, 0.717) is 10.7 Å². The molecule has 1 atom stereocenters. The number of benzene rings is 2. The molecule has 146 valence electrons. The number of amides is 1. The highest BCUT2D eigenvalue weighted by atomic mass is 32.2. The van der Waals surface area contributed by atoms with E-state index in [9.17, 15) is 9.00 Å². The molecule has 0 radical (unpaired) electrons. The molecule has 0 spiro atoms. The molecular weight excluding hydrogens is 374 g/mol. The molecule has 0 aliphatic carbocycles. The van der Waals surface area contributed by atoms with Crippen LogP contribution in [-0.2, 0) is 15.8 Å². The monoisotopic (exact) mass is 397 g/mol. The van der Waals surface area contributed by atoms with E-state index >= 15 is 0 Å². The van der Waals surface area contributed by atoms with Crippen molar-refractivity contribution in [1.29, 1.82) is 0 Å². The van der Waals surface area contributed by atoms with Crippen LogP contribution >= 0.6 is 0 Å². The van der Waals surface area contributed by atoms with Crippen molar-refractivity contribution in [2.45, 2.75) is 17.7 Å². The lowest BCUT2D eigenvalue weighted by Gasteiger charge is -2.27. The summed E-state index contributed by atoms with van der Waals surface area (Å²) >= 11 is 0. The molecule has 3 aromatic rings. The van der Waals surface area contributed by atoms with Crippen molar-refractivity contribution in [3.8, 4) is 11.1 Å². The average molecular weight is 398 g/mol. The van der Waals surface area contributed by atoms with Crippen LogP contribution in [-0.4, -0.2) is 45.4 Å². The lowest BCUT2D eigenvalue weighted by Crippen LogP contribution is -2.36. The predicted octanol–water partition coefficient (Wildman–Crippen LogP) is 2.49. The zero-order valence-corrected chi connectivity index (χ0v) is 16.5. The molecule has 0 bridgehead atoms. The molecule has 1 aromatic heterocycles. The minimum absolute atomic E-state index is 0.0239. The van der Waals surface area contributed by atoms with E-state index in [4.69, 9.17) is 5.14 Å². The number of aromatic nitrogens is 2. The van der Waals surface area contributed by atoms with Crippen LogP contribution in [0.25, 0.3) is 22.0 Å². The van der Waals surface area contributed by atoms with E-state index in [0.717, 1.165) is 48.0 Å². The van der Waals surface area contributed by atoms with Crippen LogP contribution in [0.2, 0.25) is 0 Å². The second-order valence-electron chi connectivity index (χ2n) is 7.22. The predicted molar refractivity (Wildman–Crippen MR) is 111 cm³/mol. The van der Waals surface area contributed by atoms with Crippen molar-refractivity contribution < 1.29 is 9.00 Å². The first-order chi connectivity index (χ1) is 13.5. The first-order valence-corrected chi connectivity index (χ1v) is 10.5. The standard InChI is InChI=1S/C20H23N5O2S/c1-25-10-8-14(9-11-25)20(26)22-19-17-12-15(4-7-18(17)23-24-19)13-2-5-16(6-3-13)28(21)27/h2-7,12,14H,8-11,21H2,1H3,(H2,22,23,24,26). The Labute approximate surface area is 165 Å². The van der Waals surface area contributed by atoms with E-state index < -0.39 is 11.0 Å². The Morgan fingerprint density at radius 3 is 2.54 bits per heavy atom. The summed E-state index contributed by atoms with van der Waals surface area (Å²) in [6.45, 7) is 1.88. The third-order valence-electron chi connectivity index (χ3n) is 5.31. The van der Waals surface area contributed by atoms with Crippen molar-refractivity contribution in [2.75, 3.05) is 25.5 Å². The van der Waals surface area contributed by atoms with Crippen LogP contribution in [0, 0.1) is 5.92 Å². The normalized spacial score (nSPS) is 16.9. The second-order valence-corrected chi connectivity index (χ2v) is 8.29. The van der Waals surface area contributed by atoms with E-state index in [-0.39, 0.29) is 11.8 Å². The third kappa shape index (κ3) is 3.84. The Morgan fingerprint density at radius 1 is 1.18 bits per heavy atom. The molecule has 1 unspecified atom stereocenters. The van der Waals surface area contributed by atoms with Crippen molar-refractivity contribution >= 4 is 33.6 Å². The van der Waals surface area contributed by atoms with Gasteiger partial charge in [-0.2, -0.15) is 5.10 Å². The average Bonchev–Trinajstić information content (AvgIpc) is 3.10. The molecule has 0 saturated carbocycles. The van der Waals surface area contributed by atoms with Gasteiger partial charge in [0.15, 0.2) is 5.82 Å². The maximum atomic E-state index is 12.6. The van der Waals surface area contributed by atoms with E-state index in [1.54, 1.807) is 12.1 Å². The fourth-order valence-electron chi connectivity index (χ4n) is 3.56. The maximum absolute atomic E-state index is 12.6. The van der Waals surface area contributed by atoms with Crippen molar-refractivity contribution in [2.24, 2.45) is 11.1 Å². The zero-order chi connectivity index (χ0) is 19.7. The number of carbonyl (C=O) groups excluding carboxylic acids is 1. The number of hydrogen-bond donors (Lipinski definition) is 3. The summed E-state index contributed by atoms with van der Waals surface area (Å²) in [5.41, 5.74) is 2.82. The Balaban J connectivity index is 1.57. The molecule has 1 fully saturated rings. The van der Waals surface area contributed by atoms with E-state index in [1.165, 1.54) is 0 Å². The SMILES string of the molecule is CN1CCC(C(=O)Nc2n[nH]c3ccc(-c4ccc(S(N)=O)cc4)cc23)CC1. The number of aromatic amines is 1. The van der Waals surface area contributed by atoms with Gasteiger partial charge < -0.3 is 10.2 Å². The van der Waals surface area contributed by atoms with Gasteiger partial charge in [0.2, 0.25) is 5.91 Å². The highest BCUT2D eigenvalue weighted by molar-refractivity contribution is 7.82. The molecular formula is C20H23N5O2S. The van der Waals surface area contributed by atoms with E-state index in [1.807, 2.05) is 30.3 Å².